The van der Waals surface area contributed by atoms with Crippen molar-refractivity contribution in [2.24, 2.45) is 0 Å². The van der Waals surface area contributed by atoms with Gasteiger partial charge in [0.05, 0.1) is 15.6 Å². The van der Waals surface area contributed by atoms with Crippen LogP contribution in [0.3, 0.4) is 0 Å². The molecular formula is C14H16Cl3NO. The van der Waals surface area contributed by atoms with Crippen LogP contribution in [0.25, 0.3) is 0 Å². The Morgan fingerprint density at radius 1 is 1.26 bits per heavy atom. The minimum atomic E-state index is -0.0783. The van der Waals surface area contributed by atoms with E-state index >= 15 is 0 Å². The molecule has 0 aliphatic heterocycles. The number of rotatable bonds is 5. The molecule has 5 heteroatoms. The monoisotopic (exact) mass is 319 g/mol. The number of alkyl halides is 1. The van der Waals surface area contributed by atoms with Crippen molar-refractivity contribution in [1.82, 2.24) is 4.90 Å². The van der Waals surface area contributed by atoms with E-state index in [9.17, 15) is 4.79 Å². The average Bonchev–Trinajstić information content (AvgIpc) is 2.31. The van der Waals surface area contributed by atoms with Crippen molar-refractivity contribution in [2.45, 2.75) is 31.7 Å². The second-order valence-electron chi connectivity index (χ2n) is 4.72. The van der Waals surface area contributed by atoms with Gasteiger partial charge in [0.15, 0.2) is 0 Å². The van der Waals surface area contributed by atoms with Crippen LogP contribution in [0, 0.1) is 0 Å². The fraction of sp³-hybridized carbons (Fsp3) is 0.500. The third-order valence-electron chi connectivity index (χ3n) is 3.49. The fourth-order valence-corrected chi connectivity index (χ4v) is 2.90. The van der Waals surface area contributed by atoms with Gasteiger partial charge in [-0.3, -0.25) is 4.79 Å². The molecule has 0 unspecified atom stereocenters. The van der Waals surface area contributed by atoms with Gasteiger partial charge in [0, 0.05) is 18.5 Å². The molecule has 2 nitrogen and oxygen atoms in total. The molecule has 1 fully saturated rings. The third-order valence-corrected chi connectivity index (χ3v) is 4.38. The molecule has 19 heavy (non-hydrogen) atoms. The highest BCUT2D eigenvalue weighted by molar-refractivity contribution is 6.39. The smallest absolute Gasteiger partial charge is 0.257 e. The predicted octanol–water partition coefficient (Wildman–Crippen LogP) is 4.62. The lowest BCUT2D eigenvalue weighted by Crippen LogP contribution is -2.45. The first-order chi connectivity index (χ1) is 9.15. The molecule has 0 saturated heterocycles. The van der Waals surface area contributed by atoms with E-state index in [0.717, 1.165) is 19.3 Å². The maximum absolute atomic E-state index is 12.6. The summed E-state index contributed by atoms with van der Waals surface area (Å²) in [5.41, 5.74) is 0.410. The average molecular weight is 321 g/mol. The quantitative estimate of drug-likeness (QED) is 0.725. The number of halogens is 3. The summed E-state index contributed by atoms with van der Waals surface area (Å²) < 4.78 is 0. The zero-order valence-electron chi connectivity index (χ0n) is 10.5. The van der Waals surface area contributed by atoms with Crippen molar-refractivity contribution in [1.29, 1.82) is 0 Å². The van der Waals surface area contributed by atoms with Crippen LogP contribution < -0.4 is 0 Å². The van der Waals surface area contributed by atoms with Gasteiger partial charge >= 0.3 is 0 Å². The normalized spacial score (nSPS) is 15.1. The van der Waals surface area contributed by atoms with Gasteiger partial charge in [0.2, 0.25) is 0 Å². The first-order valence-corrected chi connectivity index (χ1v) is 7.75. The zero-order chi connectivity index (χ0) is 13.8. The van der Waals surface area contributed by atoms with E-state index in [1.165, 1.54) is 6.42 Å². The highest BCUT2D eigenvalue weighted by Gasteiger charge is 2.30. The summed E-state index contributed by atoms with van der Waals surface area (Å²) in [6, 6.07) is 5.44. The first-order valence-electron chi connectivity index (χ1n) is 6.46. The minimum absolute atomic E-state index is 0.0783. The van der Waals surface area contributed by atoms with Gasteiger partial charge in [-0.15, -0.1) is 11.6 Å². The molecule has 0 aromatic heterocycles. The summed E-state index contributed by atoms with van der Waals surface area (Å²) >= 11 is 18.0. The lowest BCUT2D eigenvalue weighted by molar-refractivity contribution is 0.0581. The second kappa shape index (κ2) is 6.83. The van der Waals surface area contributed by atoms with E-state index in [-0.39, 0.29) is 5.91 Å². The topological polar surface area (TPSA) is 20.3 Å². The lowest BCUT2D eigenvalue weighted by Gasteiger charge is -2.38. The Balaban J connectivity index is 2.22. The van der Waals surface area contributed by atoms with Gasteiger partial charge < -0.3 is 4.90 Å². The number of benzene rings is 1. The summed E-state index contributed by atoms with van der Waals surface area (Å²) in [6.07, 6.45) is 4.06. The van der Waals surface area contributed by atoms with Crippen molar-refractivity contribution in [3.05, 3.63) is 33.8 Å². The highest BCUT2D eigenvalue weighted by Crippen LogP contribution is 2.31. The van der Waals surface area contributed by atoms with Crippen LogP contribution in [0.15, 0.2) is 18.2 Å². The molecule has 1 aliphatic rings. The van der Waals surface area contributed by atoms with Gasteiger partial charge in [0.25, 0.3) is 5.91 Å². The fourth-order valence-electron chi connectivity index (χ4n) is 2.22. The Morgan fingerprint density at radius 2 is 1.89 bits per heavy atom. The summed E-state index contributed by atoms with van der Waals surface area (Å²) in [6.45, 7) is 0.661. The number of nitrogens with zero attached hydrogens (tertiary/aromatic N) is 1. The maximum atomic E-state index is 12.6. The largest absolute Gasteiger partial charge is 0.336 e. The van der Waals surface area contributed by atoms with E-state index in [1.807, 2.05) is 4.90 Å². The van der Waals surface area contributed by atoms with Gasteiger partial charge in [0.1, 0.15) is 0 Å². The Morgan fingerprint density at radius 3 is 2.37 bits per heavy atom. The second-order valence-corrected chi connectivity index (χ2v) is 5.91. The van der Waals surface area contributed by atoms with E-state index in [2.05, 4.69) is 0 Å². The number of carbonyl (C=O) groups excluding carboxylic acids is 1. The van der Waals surface area contributed by atoms with Crippen LogP contribution in [0.2, 0.25) is 10.0 Å². The van der Waals surface area contributed by atoms with Crippen molar-refractivity contribution in [2.75, 3.05) is 12.4 Å². The third kappa shape index (κ3) is 3.36. The molecule has 0 heterocycles. The molecule has 0 radical (unpaired) electrons. The van der Waals surface area contributed by atoms with Gasteiger partial charge in [-0.1, -0.05) is 29.3 Å². The van der Waals surface area contributed by atoms with Crippen LogP contribution >= 0.6 is 34.8 Å². The number of amides is 1. The zero-order valence-corrected chi connectivity index (χ0v) is 12.8. The molecule has 0 N–H and O–H groups in total. The summed E-state index contributed by atoms with van der Waals surface area (Å²) in [5, 5.41) is 0.820. The SMILES string of the molecule is O=C(c1c(Cl)cccc1Cl)N(CCCCl)C1CCC1. The Kier molecular flexibility index (Phi) is 5.37. The van der Waals surface area contributed by atoms with Crippen LogP contribution in [0.1, 0.15) is 36.0 Å². The van der Waals surface area contributed by atoms with Crippen LogP contribution in [0.4, 0.5) is 0 Å². The van der Waals surface area contributed by atoms with Gasteiger partial charge in [-0.05, 0) is 37.8 Å². The standard InChI is InChI=1S/C14H16Cl3NO/c15-8-3-9-18(10-4-1-5-10)14(19)13-11(16)6-2-7-12(13)17/h2,6-7,10H,1,3-5,8-9H2. The van der Waals surface area contributed by atoms with Crippen molar-refractivity contribution in [3.8, 4) is 0 Å². The van der Waals surface area contributed by atoms with E-state index in [4.69, 9.17) is 34.8 Å². The number of carbonyl (C=O) groups is 1. The summed E-state index contributed by atoms with van der Waals surface area (Å²) in [7, 11) is 0. The first kappa shape index (κ1) is 15.0. The molecule has 1 aliphatic carbocycles. The molecule has 104 valence electrons. The molecular weight excluding hydrogens is 305 g/mol. The molecule has 1 aromatic carbocycles. The predicted molar refractivity (Wildman–Crippen MR) is 80.5 cm³/mol. The van der Waals surface area contributed by atoms with Gasteiger partial charge in [-0.25, -0.2) is 0 Å². The van der Waals surface area contributed by atoms with Crippen LogP contribution in [-0.2, 0) is 0 Å². The van der Waals surface area contributed by atoms with Crippen LogP contribution in [-0.4, -0.2) is 29.3 Å². The Labute approximate surface area is 128 Å². The van der Waals surface area contributed by atoms with Crippen LogP contribution in [0.5, 0.6) is 0 Å². The van der Waals surface area contributed by atoms with E-state index in [1.54, 1.807) is 18.2 Å². The Hall–Kier alpha value is -0.440. The van der Waals surface area contributed by atoms with Crippen molar-refractivity contribution < 1.29 is 4.79 Å². The molecule has 1 aromatic rings. The molecule has 1 saturated carbocycles. The van der Waals surface area contributed by atoms with E-state index in [0.29, 0.717) is 34.1 Å². The molecule has 0 bridgehead atoms. The molecule has 1 amide bonds. The highest BCUT2D eigenvalue weighted by atomic mass is 35.5. The maximum Gasteiger partial charge on any atom is 0.257 e. The number of hydrogen-bond donors (Lipinski definition) is 0. The molecule has 0 atom stereocenters. The lowest BCUT2D eigenvalue weighted by atomic mass is 9.90. The summed E-state index contributed by atoms with van der Waals surface area (Å²) in [4.78, 5) is 14.5. The van der Waals surface area contributed by atoms with E-state index < -0.39 is 0 Å². The molecule has 2 rings (SSSR count). The number of hydrogen-bond acceptors (Lipinski definition) is 1. The van der Waals surface area contributed by atoms with Crippen molar-refractivity contribution in [3.63, 3.8) is 0 Å². The molecule has 0 spiro atoms. The van der Waals surface area contributed by atoms with Crippen molar-refractivity contribution >= 4 is 40.7 Å². The summed E-state index contributed by atoms with van der Waals surface area (Å²) in [5.74, 6) is 0.470. The van der Waals surface area contributed by atoms with Gasteiger partial charge in [-0.2, -0.15) is 0 Å². The minimum Gasteiger partial charge on any atom is -0.336 e. The Bertz CT molecular complexity index is 440.